The number of halogens is 1. The van der Waals surface area contributed by atoms with E-state index in [0.29, 0.717) is 5.02 Å². The molecule has 0 aliphatic rings. The van der Waals surface area contributed by atoms with Gasteiger partial charge in [-0.1, -0.05) is 30.7 Å². The number of hydrogen-bond donors (Lipinski definition) is 1. The van der Waals surface area contributed by atoms with E-state index in [-0.39, 0.29) is 6.04 Å². The molecule has 1 aromatic heterocycles. The average Bonchev–Trinajstić information content (AvgIpc) is 2.80. The molecule has 2 N–H and O–H groups in total. The van der Waals surface area contributed by atoms with Crippen molar-refractivity contribution in [1.29, 1.82) is 0 Å². The summed E-state index contributed by atoms with van der Waals surface area (Å²) >= 11 is 8.00. The highest BCUT2D eigenvalue weighted by Crippen LogP contribution is 2.28. The minimum Gasteiger partial charge on any atom is -0.319 e. The molecule has 0 fully saturated rings. The molecular weight excluding hydrogens is 278 g/mol. The van der Waals surface area contributed by atoms with Crippen molar-refractivity contribution in [2.45, 2.75) is 31.3 Å². The maximum atomic E-state index is 6.31. The van der Waals surface area contributed by atoms with E-state index < -0.39 is 0 Å². The van der Waals surface area contributed by atoms with Crippen molar-refractivity contribution in [1.82, 2.24) is 9.78 Å². The SMILES string of the molecule is CCSc1ccc(C(N)c2c(Cl)cnn2CC)cc1. The Bertz CT molecular complexity index is 536. The average molecular weight is 296 g/mol. The van der Waals surface area contributed by atoms with Gasteiger partial charge in [0.25, 0.3) is 0 Å². The number of nitrogens with two attached hydrogens (primary N) is 1. The molecule has 2 rings (SSSR count). The van der Waals surface area contributed by atoms with E-state index in [9.17, 15) is 0 Å². The fourth-order valence-corrected chi connectivity index (χ4v) is 2.95. The topological polar surface area (TPSA) is 43.8 Å². The monoisotopic (exact) mass is 295 g/mol. The fourth-order valence-electron chi connectivity index (χ4n) is 2.03. The molecule has 1 heterocycles. The summed E-state index contributed by atoms with van der Waals surface area (Å²) in [5, 5.41) is 4.85. The lowest BCUT2D eigenvalue weighted by Gasteiger charge is -2.15. The van der Waals surface area contributed by atoms with Crippen LogP contribution in [0, 0.1) is 0 Å². The first kappa shape index (κ1) is 14.4. The van der Waals surface area contributed by atoms with Crippen molar-refractivity contribution >= 4 is 23.4 Å². The van der Waals surface area contributed by atoms with Crippen LogP contribution in [0.5, 0.6) is 0 Å². The van der Waals surface area contributed by atoms with Gasteiger partial charge in [-0.25, -0.2) is 0 Å². The van der Waals surface area contributed by atoms with Crippen LogP contribution < -0.4 is 5.73 Å². The third kappa shape index (κ3) is 3.14. The zero-order valence-electron chi connectivity index (χ0n) is 11.1. The Hall–Kier alpha value is -0.970. The van der Waals surface area contributed by atoms with E-state index in [1.54, 1.807) is 6.20 Å². The van der Waals surface area contributed by atoms with Crippen LogP contribution >= 0.6 is 23.4 Å². The van der Waals surface area contributed by atoms with E-state index >= 15 is 0 Å². The number of aromatic nitrogens is 2. The Morgan fingerprint density at radius 2 is 2.00 bits per heavy atom. The largest absolute Gasteiger partial charge is 0.319 e. The molecular formula is C14H18ClN3S. The Labute approximate surface area is 123 Å². The Kier molecular flexibility index (Phi) is 4.91. The fraction of sp³-hybridized carbons (Fsp3) is 0.357. The van der Waals surface area contributed by atoms with E-state index in [0.717, 1.165) is 23.6 Å². The predicted octanol–water partition coefficient (Wildman–Crippen LogP) is 3.72. The molecule has 102 valence electrons. The van der Waals surface area contributed by atoms with Gasteiger partial charge in [0.15, 0.2) is 0 Å². The normalized spacial score (nSPS) is 12.6. The highest BCUT2D eigenvalue weighted by Gasteiger charge is 2.17. The Morgan fingerprint density at radius 3 is 2.58 bits per heavy atom. The van der Waals surface area contributed by atoms with Gasteiger partial charge < -0.3 is 5.73 Å². The highest BCUT2D eigenvalue weighted by atomic mass is 35.5. The second-order valence-electron chi connectivity index (χ2n) is 4.17. The summed E-state index contributed by atoms with van der Waals surface area (Å²) in [5.41, 5.74) is 8.24. The number of rotatable bonds is 5. The standard InChI is InChI=1S/C14H18ClN3S/c1-3-18-14(12(15)9-17-18)13(16)10-5-7-11(8-6-10)19-4-2/h5-9,13H,3-4,16H2,1-2H3. The quantitative estimate of drug-likeness (QED) is 0.855. The van der Waals surface area contributed by atoms with E-state index in [2.05, 4.69) is 36.3 Å². The molecule has 3 nitrogen and oxygen atoms in total. The van der Waals surface area contributed by atoms with Gasteiger partial charge in [-0.15, -0.1) is 11.8 Å². The van der Waals surface area contributed by atoms with Gasteiger partial charge in [0.05, 0.1) is 23.0 Å². The summed E-state index contributed by atoms with van der Waals surface area (Å²) in [6, 6.07) is 8.09. The summed E-state index contributed by atoms with van der Waals surface area (Å²) in [5.74, 6) is 1.07. The maximum absolute atomic E-state index is 6.31. The van der Waals surface area contributed by atoms with Gasteiger partial charge in [0.2, 0.25) is 0 Å². The van der Waals surface area contributed by atoms with Crippen LogP contribution in [0.4, 0.5) is 0 Å². The Balaban J connectivity index is 2.27. The van der Waals surface area contributed by atoms with Crippen LogP contribution in [0.3, 0.4) is 0 Å². The number of aryl methyl sites for hydroxylation is 1. The van der Waals surface area contributed by atoms with Crippen molar-refractivity contribution in [2.24, 2.45) is 5.73 Å². The first-order valence-corrected chi connectivity index (χ1v) is 7.73. The highest BCUT2D eigenvalue weighted by molar-refractivity contribution is 7.99. The Morgan fingerprint density at radius 1 is 1.32 bits per heavy atom. The number of thioether (sulfide) groups is 1. The van der Waals surface area contributed by atoms with E-state index in [4.69, 9.17) is 17.3 Å². The second-order valence-corrected chi connectivity index (χ2v) is 5.92. The zero-order chi connectivity index (χ0) is 13.8. The summed E-state index contributed by atoms with van der Waals surface area (Å²) in [6.45, 7) is 4.93. The molecule has 0 bridgehead atoms. The second kappa shape index (κ2) is 6.46. The molecule has 2 aromatic rings. The summed E-state index contributed by atoms with van der Waals surface area (Å²) < 4.78 is 1.85. The van der Waals surface area contributed by atoms with Crippen molar-refractivity contribution in [3.8, 4) is 0 Å². The zero-order valence-corrected chi connectivity index (χ0v) is 12.7. The number of benzene rings is 1. The van der Waals surface area contributed by atoms with Crippen molar-refractivity contribution < 1.29 is 0 Å². The van der Waals surface area contributed by atoms with Crippen molar-refractivity contribution in [2.75, 3.05) is 5.75 Å². The first-order chi connectivity index (χ1) is 9.17. The van der Waals surface area contributed by atoms with E-state index in [1.165, 1.54) is 4.90 Å². The minimum absolute atomic E-state index is 0.240. The van der Waals surface area contributed by atoms with Gasteiger partial charge in [0, 0.05) is 11.4 Å². The van der Waals surface area contributed by atoms with Gasteiger partial charge in [-0.05, 0) is 30.4 Å². The molecule has 1 unspecified atom stereocenters. The summed E-state index contributed by atoms with van der Waals surface area (Å²) in [6.07, 6.45) is 1.65. The van der Waals surface area contributed by atoms with Crippen LogP contribution in [0.2, 0.25) is 5.02 Å². The van der Waals surface area contributed by atoms with Gasteiger partial charge in [-0.3, -0.25) is 4.68 Å². The van der Waals surface area contributed by atoms with Gasteiger partial charge in [-0.2, -0.15) is 5.10 Å². The molecule has 0 aliphatic heterocycles. The molecule has 0 saturated heterocycles. The van der Waals surface area contributed by atoms with Crippen LogP contribution in [-0.2, 0) is 6.54 Å². The van der Waals surface area contributed by atoms with Crippen LogP contribution in [0.25, 0.3) is 0 Å². The van der Waals surface area contributed by atoms with Gasteiger partial charge >= 0.3 is 0 Å². The predicted molar refractivity (Wildman–Crippen MR) is 81.8 cm³/mol. The molecule has 0 amide bonds. The third-order valence-electron chi connectivity index (χ3n) is 2.98. The number of hydrogen-bond acceptors (Lipinski definition) is 3. The molecule has 0 spiro atoms. The first-order valence-electron chi connectivity index (χ1n) is 6.36. The van der Waals surface area contributed by atoms with Crippen molar-refractivity contribution in [3.63, 3.8) is 0 Å². The molecule has 19 heavy (non-hydrogen) atoms. The molecule has 0 radical (unpaired) electrons. The van der Waals surface area contributed by atoms with E-state index in [1.807, 2.05) is 23.4 Å². The molecule has 1 aromatic carbocycles. The van der Waals surface area contributed by atoms with Crippen LogP contribution in [0.1, 0.15) is 31.1 Å². The molecule has 0 saturated carbocycles. The maximum Gasteiger partial charge on any atom is 0.0837 e. The third-order valence-corrected chi connectivity index (χ3v) is 4.16. The van der Waals surface area contributed by atoms with Crippen molar-refractivity contribution in [3.05, 3.63) is 46.7 Å². The summed E-state index contributed by atoms with van der Waals surface area (Å²) in [4.78, 5) is 1.26. The van der Waals surface area contributed by atoms with Crippen LogP contribution in [-0.4, -0.2) is 15.5 Å². The molecule has 0 aliphatic carbocycles. The van der Waals surface area contributed by atoms with Crippen LogP contribution in [0.15, 0.2) is 35.4 Å². The lowest BCUT2D eigenvalue weighted by molar-refractivity contribution is 0.601. The van der Waals surface area contributed by atoms with Gasteiger partial charge in [0.1, 0.15) is 0 Å². The minimum atomic E-state index is -0.240. The molecule has 1 atom stereocenters. The lowest BCUT2D eigenvalue weighted by atomic mass is 10.0. The number of nitrogens with zero attached hydrogens (tertiary/aromatic N) is 2. The summed E-state index contributed by atoms with van der Waals surface area (Å²) in [7, 11) is 0. The lowest BCUT2D eigenvalue weighted by Crippen LogP contribution is -2.17. The molecule has 5 heteroatoms. The smallest absolute Gasteiger partial charge is 0.0837 e.